The summed E-state index contributed by atoms with van der Waals surface area (Å²) in [5.74, 6) is 0. The lowest BCUT2D eigenvalue weighted by Gasteiger charge is -2.08. The van der Waals surface area contributed by atoms with Gasteiger partial charge in [0, 0.05) is 0 Å². The highest BCUT2D eigenvalue weighted by Crippen LogP contribution is 2.21. The van der Waals surface area contributed by atoms with E-state index in [0.29, 0.717) is 17.5 Å². The van der Waals surface area contributed by atoms with Crippen LogP contribution >= 0.6 is 0 Å². The second kappa shape index (κ2) is 8.02. The number of allylic oxidation sites excluding steroid dienone is 4. The van der Waals surface area contributed by atoms with Crippen molar-refractivity contribution in [2.45, 2.75) is 44.4 Å². The Hall–Kier alpha value is -1.39. The van der Waals surface area contributed by atoms with Crippen molar-refractivity contribution in [1.29, 1.82) is 0 Å². The van der Waals surface area contributed by atoms with Gasteiger partial charge >= 0.3 is 0 Å². The quantitative estimate of drug-likeness (QED) is 0.609. The minimum Gasteiger partial charge on any atom is -0.282 e. The van der Waals surface area contributed by atoms with Crippen molar-refractivity contribution in [3.8, 4) is 0 Å². The molecule has 0 aromatic heterocycles. The van der Waals surface area contributed by atoms with Crippen molar-refractivity contribution in [2.24, 2.45) is 0 Å². The molecule has 3 nitrogen and oxygen atoms in total. The van der Waals surface area contributed by atoms with Crippen LogP contribution in [0.5, 0.6) is 0 Å². The summed E-state index contributed by atoms with van der Waals surface area (Å²) in [5, 5.41) is 0. The Morgan fingerprint density at radius 1 is 1.15 bits per heavy atom. The first-order chi connectivity index (χ1) is 9.46. The van der Waals surface area contributed by atoms with Crippen LogP contribution in [0, 0.1) is 6.92 Å². The molecule has 0 heterocycles. The SMILES string of the molecule is CC/C=C/C/C=C/CCc1cccc(C)c1S(=O)(=O)O. The number of hydrogen-bond donors (Lipinski definition) is 1. The van der Waals surface area contributed by atoms with Gasteiger partial charge in [-0.25, -0.2) is 0 Å². The van der Waals surface area contributed by atoms with Gasteiger partial charge in [0.15, 0.2) is 0 Å². The molecule has 0 aliphatic heterocycles. The number of hydrogen-bond acceptors (Lipinski definition) is 2. The Morgan fingerprint density at radius 3 is 2.50 bits per heavy atom. The van der Waals surface area contributed by atoms with E-state index in [1.807, 2.05) is 12.1 Å². The van der Waals surface area contributed by atoms with Crippen molar-refractivity contribution in [2.75, 3.05) is 0 Å². The predicted molar refractivity (Wildman–Crippen MR) is 82.5 cm³/mol. The summed E-state index contributed by atoms with van der Waals surface area (Å²) >= 11 is 0. The van der Waals surface area contributed by atoms with E-state index in [1.165, 1.54) is 0 Å². The first-order valence-corrected chi connectivity index (χ1v) is 8.26. The Bertz CT molecular complexity index is 584. The molecule has 110 valence electrons. The maximum atomic E-state index is 11.4. The maximum absolute atomic E-state index is 11.4. The van der Waals surface area contributed by atoms with Gasteiger partial charge in [-0.3, -0.25) is 4.55 Å². The molecule has 1 aromatic rings. The molecule has 0 aliphatic carbocycles. The molecule has 0 aliphatic rings. The van der Waals surface area contributed by atoms with Gasteiger partial charge in [0.1, 0.15) is 0 Å². The molecule has 0 fully saturated rings. The summed E-state index contributed by atoms with van der Waals surface area (Å²) in [7, 11) is -4.15. The van der Waals surface area contributed by atoms with E-state index in [1.54, 1.807) is 19.1 Å². The monoisotopic (exact) mass is 294 g/mol. The second-order valence-corrected chi connectivity index (χ2v) is 6.02. The molecule has 20 heavy (non-hydrogen) atoms. The highest BCUT2D eigenvalue weighted by atomic mass is 32.2. The molecule has 4 heteroatoms. The van der Waals surface area contributed by atoms with E-state index in [0.717, 1.165) is 19.3 Å². The standard InChI is InChI=1S/C16H22O3S/c1-3-4-5-6-7-8-9-12-15-13-10-11-14(2)16(15)20(17,18)19/h4-5,7-8,10-11,13H,3,6,9,12H2,1-2H3,(H,17,18,19)/b5-4+,8-7+. The lowest BCUT2D eigenvalue weighted by Crippen LogP contribution is -2.05. The van der Waals surface area contributed by atoms with Gasteiger partial charge in [0.25, 0.3) is 10.1 Å². The van der Waals surface area contributed by atoms with Gasteiger partial charge < -0.3 is 0 Å². The topological polar surface area (TPSA) is 54.4 Å². The van der Waals surface area contributed by atoms with E-state index in [4.69, 9.17) is 0 Å². The third kappa shape index (κ3) is 5.31. The van der Waals surface area contributed by atoms with Crippen LogP contribution in [-0.2, 0) is 16.5 Å². The third-order valence-corrected chi connectivity index (χ3v) is 4.07. The third-order valence-electron chi connectivity index (χ3n) is 2.97. The highest BCUT2D eigenvalue weighted by Gasteiger charge is 2.17. The zero-order valence-corrected chi connectivity index (χ0v) is 12.9. The van der Waals surface area contributed by atoms with Crippen LogP contribution in [0.3, 0.4) is 0 Å². The van der Waals surface area contributed by atoms with Crippen molar-refractivity contribution < 1.29 is 13.0 Å². The fourth-order valence-electron chi connectivity index (χ4n) is 2.07. The van der Waals surface area contributed by atoms with Crippen LogP contribution in [0.1, 0.15) is 37.3 Å². The Labute approximate surface area is 121 Å². The van der Waals surface area contributed by atoms with Crippen LogP contribution in [0.4, 0.5) is 0 Å². The summed E-state index contributed by atoms with van der Waals surface area (Å²) in [6, 6.07) is 5.26. The van der Waals surface area contributed by atoms with Gasteiger partial charge in [-0.15, -0.1) is 0 Å². The normalized spacial score (nSPS) is 12.6. The molecule has 1 rings (SSSR count). The Kier molecular flexibility index (Phi) is 6.68. The van der Waals surface area contributed by atoms with Crippen LogP contribution in [0.15, 0.2) is 47.4 Å². The Balaban J connectivity index is 2.70. The fraction of sp³-hybridized carbons (Fsp3) is 0.375. The molecule has 0 radical (unpaired) electrons. The molecule has 0 saturated heterocycles. The van der Waals surface area contributed by atoms with Crippen molar-refractivity contribution >= 4 is 10.1 Å². The van der Waals surface area contributed by atoms with E-state index in [-0.39, 0.29) is 4.90 Å². The van der Waals surface area contributed by atoms with E-state index in [2.05, 4.69) is 25.2 Å². The van der Waals surface area contributed by atoms with Gasteiger partial charge in [-0.05, 0) is 43.7 Å². The maximum Gasteiger partial charge on any atom is 0.295 e. The summed E-state index contributed by atoms with van der Waals surface area (Å²) < 4.78 is 32.1. The number of rotatable bonds is 7. The molecular formula is C16H22O3S. The Morgan fingerprint density at radius 2 is 1.85 bits per heavy atom. The van der Waals surface area contributed by atoms with Crippen LogP contribution < -0.4 is 0 Å². The summed E-state index contributed by atoms with van der Waals surface area (Å²) in [6.07, 6.45) is 11.6. The lowest BCUT2D eigenvalue weighted by atomic mass is 10.1. The molecule has 0 spiro atoms. The predicted octanol–water partition coefficient (Wildman–Crippen LogP) is 4.09. The van der Waals surface area contributed by atoms with Crippen molar-refractivity contribution in [3.63, 3.8) is 0 Å². The van der Waals surface area contributed by atoms with Crippen LogP contribution in [-0.4, -0.2) is 13.0 Å². The molecule has 1 N–H and O–H groups in total. The molecular weight excluding hydrogens is 272 g/mol. The number of aryl methyl sites for hydroxylation is 2. The zero-order valence-electron chi connectivity index (χ0n) is 12.0. The fourth-order valence-corrected chi connectivity index (χ4v) is 3.05. The molecule has 1 aromatic carbocycles. The largest absolute Gasteiger partial charge is 0.295 e. The van der Waals surface area contributed by atoms with E-state index >= 15 is 0 Å². The number of benzene rings is 1. The zero-order chi connectivity index (χ0) is 15.0. The van der Waals surface area contributed by atoms with Crippen molar-refractivity contribution in [3.05, 3.63) is 53.6 Å². The van der Waals surface area contributed by atoms with Gasteiger partial charge in [-0.1, -0.05) is 49.4 Å². The van der Waals surface area contributed by atoms with Crippen molar-refractivity contribution in [1.82, 2.24) is 0 Å². The summed E-state index contributed by atoms with van der Waals surface area (Å²) in [6.45, 7) is 3.78. The van der Waals surface area contributed by atoms with E-state index < -0.39 is 10.1 Å². The van der Waals surface area contributed by atoms with Gasteiger partial charge in [0.2, 0.25) is 0 Å². The summed E-state index contributed by atoms with van der Waals surface area (Å²) in [5.41, 5.74) is 1.25. The summed E-state index contributed by atoms with van der Waals surface area (Å²) in [4.78, 5) is 0.0549. The second-order valence-electron chi connectivity index (χ2n) is 4.66. The molecule has 0 amide bonds. The van der Waals surface area contributed by atoms with Crippen LogP contribution in [0.25, 0.3) is 0 Å². The minimum atomic E-state index is -4.15. The molecule has 0 bridgehead atoms. The van der Waals surface area contributed by atoms with E-state index in [9.17, 15) is 13.0 Å². The smallest absolute Gasteiger partial charge is 0.282 e. The lowest BCUT2D eigenvalue weighted by molar-refractivity contribution is 0.481. The highest BCUT2D eigenvalue weighted by molar-refractivity contribution is 7.86. The average molecular weight is 294 g/mol. The molecule has 0 saturated carbocycles. The molecule has 0 unspecified atom stereocenters. The first-order valence-electron chi connectivity index (χ1n) is 6.82. The average Bonchev–Trinajstić information content (AvgIpc) is 2.36. The molecule has 0 atom stereocenters. The minimum absolute atomic E-state index is 0.0549. The van der Waals surface area contributed by atoms with Gasteiger partial charge in [-0.2, -0.15) is 8.42 Å². The van der Waals surface area contributed by atoms with Gasteiger partial charge in [0.05, 0.1) is 4.90 Å². The van der Waals surface area contributed by atoms with Crippen LogP contribution in [0.2, 0.25) is 0 Å². The first kappa shape index (κ1) is 16.7.